The van der Waals surface area contributed by atoms with Gasteiger partial charge in [-0.05, 0) is 48.0 Å². The van der Waals surface area contributed by atoms with Gasteiger partial charge in [-0.1, -0.05) is 48.0 Å². The van der Waals surface area contributed by atoms with Crippen LogP contribution in [-0.2, 0) is 16.1 Å². The van der Waals surface area contributed by atoms with Crippen LogP contribution in [0.15, 0.2) is 78.9 Å². The average Bonchev–Trinajstić information content (AvgIpc) is 3.21. The maximum atomic E-state index is 13.7. The molecule has 168 valence electrons. The highest BCUT2D eigenvalue weighted by Crippen LogP contribution is 2.22. The fourth-order valence-corrected chi connectivity index (χ4v) is 3.76. The van der Waals surface area contributed by atoms with E-state index in [1.807, 2.05) is 30.3 Å². The molecular formula is C25H21ClFN3O3. The summed E-state index contributed by atoms with van der Waals surface area (Å²) in [6.45, 7) is -0.0853. The topological polar surface area (TPSA) is 60.9 Å². The van der Waals surface area contributed by atoms with Gasteiger partial charge in [0.25, 0.3) is 5.91 Å². The van der Waals surface area contributed by atoms with Crippen molar-refractivity contribution in [1.29, 1.82) is 0 Å². The zero-order chi connectivity index (χ0) is 23.4. The molecule has 1 heterocycles. The van der Waals surface area contributed by atoms with E-state index >= 15 is 0 Å². The molecular weight excluding hydrogens is 445 g/mol. The molecule has 0 saturated carbocycles. The minimum atomic E-state index is -0.532. The number of carbonyl (C=O) groups excluding carboxylic acids is 3. The van der Waals surface area contributed by atoms with Gasteiger partial charge in [-0.2, -0.15) is 0 Å². The third-order valence-corrected chi connectivity index (χ3v) is 5.58. The van der Waals surface area contributed by atoms with Crippen LogP contribution in [-0.4, -0.2) is 47.3 Å². The van der Waals surface area contributed by atoms with E-state index in [1.54, 1.807) is 24.3 Å². The fraction of sp³-hybridized carbons (Fsp3) is 0.160. The maximum absolute atomic E-state index is 13.7. The molecule has 0 spiro atoms. The Labute approximate surface area is 195 Å². The Morgan fingerprint density at radius 3 is 2.39 bits per heavy atom. The predicted molar refractivity (Wildman–Crippen MR) is 123 cm³/mol. The van der Waals surface area contributed by atoms with Crippen LogP contribution < -0.4 is 4.90 Å². The first-order chi connectivity index (χ1) is 15.9. The highest BCUT2D eigenvalue weighted by molar-refractivity contribution is 6.30. The van der Waals surface area contributed by atoms with Crippen LogP contribution in [0.5, 0.6) is 0 Å². The van der Waals surface area contributed by atoms with Crippen molar-refractivity contribution in [3.8, 4) is 0 Å². The van der Waals surface area contributed by atoms with Crippen LogP contribution in [0.1, 0.15) is 15.9 Å². The number of hydrogen-bond donors (Lipinski definition) is 0. The number of carbonyl (C=O) groups is 3. The Balaban J connectivity index is 1.51. The van der Waals surface area contributed by atoms with E-state index < -0.39 is 11.7 Å². The zero-order valence-corrected chi connectivity index (χ0v) is 18.4. The molecule has 8 heteroatoms. The van der Waals surface area contributed by atoms with Crippen LogP contribution in [0.2, 0.25) is 5.02 Å². The molecule has 0 N–H and O–H groups in total. The molecule has 3 aromatic rings. The SMILES string of the molecule is O=C(CN(Cc1ccccc1)C(=O)c1cccc(F)c1)N1CC(=O)N(c2ccc(Cl)cc2)C1. The standard InChI is InChI=1S/C25H21ClFN3O3/c26-20-9-11-22(12-10-20)30-17-29(16-24(30)32)23(31)15-28(14-18-5-2-1-3-6-18)25(33)19-7-4-8-21(27)13-19/h1-13H,14-17H2. The molecule has 0 unspecified atom stereocenters. The zero-order valence-electron chi connectivity index (χ0n) is 17.7. The summed E-state index contributed by atoms with van der Waals surface area (Å²) in [6, 6.07) is 21.4. The molecule has 1 fully saturated rings. The van der Waals surface area contributed by atoms with Crippen LogP contribution in [0.4, 0.5) is 10.1 Å². The van der Waals surface area contributed by atoms with Gasteiger partial charge in [-0.25, -0.2) is 4.39 Å². The second-order valence-corrected chi connectivity index (χ2v) is 8.12. The lowest BCUT2D eigenvalue weighted by Crippen LogP contribution is -2.42. The Morgan fingerprint density at radius 2 is 1.70 bits per heavy atom. The normalized spacial score (nSPS) is 13.3. The highest BCUT2D eigenvalue weighted by Gasteiger charge is 2.33. The van der Waals surface area contributed by atoms with Gasteiger partial charge in [0.05, 0.1) is 0 Å². The first-order valence-electron chi connectivity index (χ1n) is 10.3. The lowest BCUT2D eigenvalue weighted by molar-refractivity contribution is -0.132. The van der Waals surface area contributed by atoms with Crippen molar-refractivity contribution >= 4 is 35.0 Å². The van der Waals surface area contributed by atoms with Crippen molar-refractivity contribution in [2.24, 2.45) is 0 Å². The first-order valence-corrected chi connectivity index (χ1v) is 10.7. The minimum Gasteiger partial charge on any atom is -0.325 e. The average molecular weight is 466 g/mol. The fourth-order valence-electron chi connectivity index (χ4n) is 3.63. The molecule has 3 aromatic carbocycles. The minimum absolute atomic E-state index is 0.0760. The summed E-state index contributed by atoms with van der Waals surface area (Å²) in [7, 11) is 0. The molecule has 6 nitrogen and oxygen atoms in total. The molecule has 4 rings (SSSR count). The number of halogens is 2. The van der Waals surface area contributed by atoms with Crippen molar-refractivity contribution in [3.63, 3.8) is 0 Å². The molecule has 0 aromatic heterocycles. The summed E-state index contributed by atoms with van der Waals surface area (Å²) in [5.41, 5.74) is 1.62. The number of rotatable bonds is 6. The molecule has 1 saturated heterocycles. The van der Waals surface area contributed by atoms with E-state index in [4.69, 9.17) is 11.6 Å². The Kier molecular flexibility index (Phi) is 6.70. The Hall–Kier alpha value is -3.71. The van der Waals surface area contributed by atoms with Gasteiger partial charge < -0.3 is 9.80 Å². The molecule has 0 bridgehead atoms. The summed E-state index contributed by atoms with van der Waals surface area (Å²) in [5.74, 6) is -1.60. The van der Waals surface area contributed by atoms with Crippen molar-refractivity contribution in [2.75, 3.05) is 24.7 Å². The van der Waals surface area contributed by atoms with E-state index in [-0.39, 0.29) is 43.7 Å². The predicted octanol–water partition coefficient (Wildman–Crippen LogP) is 3.95. The van der Waals surface area contributed by atoms with E-state index in [2.05, 4.69) is 0 Å². The summed E-state index contributed by atoms with van der Waals surface area (Å²) >= 11 is 5.92. The molecule has 1 aliphatic heterocycles. The molecule has 33 heavy (non-hydrogen) atoms. The van der Waals surface area contributed by atoms with Gasteiger partial charge in [0.15, 0.2) is 0 Å². The van der Waals surface area contributed by atoms with Gasteiger partial charge >= 0.3 is 0 Å². The first kappa shape index (κ1) is 22.5. The van der Waals surface area contributed by atoms with E-state index in [1.165, 1.54) is 32.9 Å². The van der Waals surface area contributed by atoms with Gasteiger partial charge in [0.1, 0.15) is 25.6 Å². The largest absolute Gasteiger partial charge is 0.325 e. The number of anilines is 1. The quantitative estimate of drug-likeness (QED) is 0.553. The lowest BCUT2D eigenvalue weighted by Gasteiger charge is -2.25. The number of nitrogens with zero attached hydrogens (tertiary/aromatic N) is 3. The molecule has 0 atom stereocenters. The molecule has 3 amide bonds. The second kappa shape index (κ2) is 9.83. The van der Waals surface area contributed by atoms with Crippen LogP contribution in [0.3, 0.4) is 0 Å². The third kappa shape index (κ3) is 5.38. The van der Waals surface area contributed by atoms with Gasteiger partial charge in [0, 0.05) is 22.8 Å². The van der Waals surface area contributed by atoms with Gasteiger partial charge in [0.2, 0.25) is 11.8 Å². The van der Waals surface area contributed by atoms with Crippen LogP contribution in [0.25, 0.3) is 0 Å². The summed E-state index contributed by atoms with van der Waals surface area (Å²) in [5, 5.41) is 0.547. The number of hydrogen-bond acceptors (Lipinski definition) is 3. The lowest BCUT2D eigenvalue weighted by atomic mass is 10.1. The number of benzene rings is 3. The van der Waals surface area contributed by atoms with Crippen molar-refractivity contribution in [3.05, 3.63) is 101 Å². The monoisotopic (exact) mass is 465 g/mol. The van der Waals surface area contributed by atoms with Gasteiger partial charge in [-0.15, -0.1) is 0 Å². The maximum Gasteiger partial charge on any atom is 0.254 e. The number of amides is 3. The molecule has 1 aliphatic rings. The molecule has 0 aliphatic carbocycles. The van der Waals surface area contributed by atoms with E-state index in [0.29, 0.717) is 10.7 Å². The van der Waals surface area contributed by atoms with Gasteiger partial charge in [-0.3, -0.25) is 19.3 Å². The van der Waals surface area contributed by atoms with E-state index in [9.17, 15) is 18.8 Å². The highest BCUT2D eigenvalue weighted by atomic mass is 35.5. The Morgan fingerprint density at radius 1 is 0.970 bits per heavy atom. The van der Waals surface area contributed by atoms with Crippen LogP contribution >= 0.6 is 11.6 Å². The van der Waals surface area contributed by atoms with Crippen molar-refractivity contribution in [1.82, 2.24) is 9.80 Å². The second-order valence-electron chi connectivity index (χ2n) is 7.69. The summed E-state index contributed by atoms with van der Waals surface area (Å²) < 4.78 is 13.7. The van der Waals surface area contributed by atoms with E-state index in [0.717, 1.165) is 11.6 Å². The van der Waals surface area contributed by atoms with Crippen LogP contribution in [0, 0.1) is 5.82 Å². The van der Waals surface area contributed by atoms with Crippen molar-refractivity contribution < 1.29 is 18.8 Å². The smallest absolute Gasteiger partial charge is 0.254 e. The Bertz CT molecular complexity index is 1170. The summed E-state index contributed by atoms with van der Waals surface area (Å²) in [6.07, 6.45) is 0. The van der Waals surface area contributed by atoms with Crippen molar-refractivity contribution in [2.45, 2.75) is 6.54 Å². The molecule has 0 radical (unpaired) electrons. The summed E-state index contributed by atoms with van der Waals surface area (Å²) in [4.78, 5) is 43.0. The third-order valence-electron chi connectivity index (χ3n) is 5.33.